The van der Waals surface area contributed by atoms with Crippen molar-refractivity contribution in [3.8, 4) is 11.6 Å². The zero-order valence-corrected chi connectivity index (χ0v) is 10.0. The third kappa shape index (κ3) is 1.82. The summed E-state index contributed by atoms with van der Waals surface area (Å²) in [6, 6.07) is 3.63. The summed E-state index contributed by atoms with van der Waals surface area (Å²) in [7, 11) is -1.13. The minimum absolute atomic E-state index is 0.418. The molecule has 2 aromatic heterocycles. The minimum Gasteiger partial charge on any atom is -0.437 e. The number of nitrogens with zero attached hydrogens (tertiary/aromatic N) is 2. The average molecular weight is 246 g/mol. The minimum atomic E-state index is -1.13. The quantitative estimate of drug-likeness (QED) is 0.715. The molecule has 0 N–H and O–H groups in total. The van der Waals surface area contributed by atoms with Crippen LogP contribution in [0, 0.1) is 6.92 Å². The van der Waals surface area contributed by atoms with E-state index in [1.54, 1.807) is 24.7 Å². The molecule has 0 spiro atoms. The van der Waals surface area contributed by atoms with E-state index in [2.05, 4.69) is 9.97 Å². The van der Waals surface area contributed by atoms with Gasteiger partial charge >= 0.3 is 0 Å². The maximum absolute atomic E-state index is 12.2. The number of aromatic nitrogens is 2. The Balaban J connectivity index is 2.17. The molecule has 0 saturated heterocycles. The Hall–Kier alpha value is -1.75. The number of rotatable bonds is 0. The van der Waals surface area contributed by atoms with Crippen LogP contribution in [0.1, 0.15) is 11.1 Å². The van der Waals surface area contributed by atoms with Crippen LogP contribution >= 0.6 is 0 Å². The second kappa shape index (κ2) is 3.92. The lowest BCUT2D eigenvalue weighted by Gasteiger charge is -2.06. The van der Waals surface area contributed by atoms with Gasteiger partial charge < -0.3 is 4.74 Å². The Morgan fingerprint density at radius 2 is 2.29 bits per heavy atom. The van der Waals surface area contributed by atoms with Crippen molar-refractivity contribution in [3.05, 3.63) is 41.9 Å². The van der Waals surface area contributed by atoms with Crippen LogP contribution in [0.3, 0.4) is 0 Å². The maximum Gasteiger partial charge on any atom is 0.235 e. The number of aryl methyl sites for hydroxylation is 1. The van der Waals surface area contributed by atoms with Gasteiger partial charge in [0.15, 0.2) is 0 Å². The van der Waals surface area contributed by atoms with Crippen molar-refractivity contribution in [2.45, 2.75) is 17.6 Å². The molecule has 0 bridgehead atoms. The van der Waals surface area contributed by atoms with Crippen LogP contribution < -0.4 is 4.74 Å². The molecule has 86 valence electrons. The van der Waals surface area contributed by atoms with Crippen LogP contribution in [0.4, 0.5) is 0 Å². The number of ether oxygens (including phenoxy) is 1. The predicted octanol–water partition coefficient (Wildman–Crippen LogP) is 2.20. The van der Waals surface area contributed by atoms with E-state index in [1.165, 1.54) is 0 Å². The number of hydrogen-bond acceptors (Lipinski definition) is 4. The van der Waals surface area contributed by atoms with Gasteiger partial charge in [-0.25, -0.2) is 4.98 Å². The van der Waals surface area contributed by atoms with Crippen LogP contribution in [0.5, 0.6) is 11.6 Å². The lowest BCUT2D eigenvalue weighted by molar-refractivity contribution is 0.447. The monoisotopic (exact) mass is 246 g/mol. The number of pyridine rings is 2. The molecule has 4 nitrogen and oxygen atoms in total. The van der Waals surface area contributed by atoms with Crippen LogP contribution in [-0.2, 0) is 16.6 Å². The van der Waals surface area contributed by atoms with Gasteiger partial charge in [-0.3, -0.25) is 9.19 Å². The van der Waals surface area contributed by atoms with E-state index in [1.807, 2.05) is 13.0 Å². The van der Waals surface area contributed by atoms with Crippen molar-refractivity contribution in [3.63, 3.8) is 0 Å². The Bertz CT molecular complexity index is 613. The maximum atomic E-state index is 12.2. The fourth-order valence-corrected chi connectivity index (χ4v) is 2.98. The number of hydrogen-bond donors (Lipinski definition) is 0. The smallest absolute Gasteiger partial charge is 0.235 e. The molecular formula is C12H10N2O2S. The Morgan fingerprint density at radius 1 is 1.41 bits per heavy atom. The van der Waals surface area contributed by atoms with E-state index < -0.39 is 10.8 Å². The molecule has 0 amide bonds. The molecule has 0 aromatic carbocycles. The van der Waals surface area contributed by atoms with E-state index in [9.17, 15) is 4.21 Å². The lowest BCUT2D eigenvalue weighted by Crippen LogP contribution is -1.96. The lowest BCUT2D eigenvalue weighted by atomic mass is 10.3. The van der Waals surface area contributed by atoms with Crippen molar-refractivity contribution < 1.29 is 8.95 Å². The van der Waals surface area contributed by atoms with E-state index in [-0.39, 0.29) is 0 Å². The predicted molar refractivity (Wildman–Crippen MR) is 63.4 cm³/mol. The third-order valence-electron chi connectivity index (χ3n) is 2.55. The fourth-order valence-electron chi connectivity index (χ4n) is 1.72. The van der Waals surface area contributed by atoms with Crippen LogP contribution in [0.2, 0.25) is 0 Å². The fraction of sp³-hybridized carbons (Fsp3) is 0.167. The molecule has 1 aliphatic rings. The first-order chi connectivity index (χ1) is 8.24. The zero-order valence-electron chi connectivity index (χ0n) is 9.21. The summed E-state index contributed by atoms with van der Waals surface area (Å²) in [5.74, 6) is 1.53. The van der Waals surface area contributed by atoms with Crippen LogP contribution in [-0.4, -0.2) is 14.2 Å². The van der Waals surface area contributed by atoms with E-state index in [0.29, 0.717) is 22.3 Å². The van der Waals surface area contributed by atoms with E-state index in [4.69, 9.17) is 4.74 Å². The molecule has 0 radical (unpaired) electrons. The van der Waals surface area contributed by atoms with Crippen molar-refractivity contribution in [1.82, 2.24) is 9.97 Å². The summed E-state index contributed by atoms with van der Waals surface area (Å²) >= 11 is 0. The first kappa shape index (κ1) is 10.4. The van der Waals surface area contributed by atoms with Crippen LogP contribution in [0.15, 0.2) is 35.6 Å². The average Bonchev–Trinajstić information content (AvgIpc) is 2.46. The molecule has 0 fully saturated rings. The summed E-state index contributed by atoms with van der Waals surface area (Å²) < 4.78 is 17.9. The van der Waals surface area contributed by atoms with Crippen LogP contribution in [0.25, 0.3) is 0 Å². The molecule has 1 atom stereocenters. The molecule has 3 rings (SSSR count). The first-order valence-corrected chi connectivity index (χ1v) is 6.52. The van der Waals surface area contributed by atoms with Crippen molar-refractivity contribution in [2.24, 2.45) is 0 Å². The molecule has 1 aliphatic heterocycles. The van der Waals surface area contributed by atoms with Crippen molar-refractivity contribution >= 4 is 10.8 Å². The van der Waals surface area contributed by atoms with Gasteiger partial charge in [0, 0.05) is 24.2 Å². The van der Waals surface area contributed by atoms with Gasteiger partial charge in [0.1, 0.15) is 10.6 Å². The Labute approximate surface area is 101 Å². The summed E-state index contributed by atoms with van der Waals surface area (Å²) in [5.41, 5.74) is 1.83. The summed E-state index contributed by atoms with van der Waals surface area (Å²) in [4.78, 5) is 8.87. The van der Waals surface area contributed by atoms with E-state index >= 15 is 0 Å². The SMILES string of the molecule is Cc1cnc2c(c1)S(=O)Cc1cnccc1O2. The first-order valence-electron chi connectivity index (χ1n) is 5.20. The molecule has 17 heavy (non-hydrogen) atoms. The molecule has 5 heteroatoms. The van der Waals surface area contributed by atoms with Gasteiger partial charge in [0.2, 0.25) is 5.88 Å². The van der Waals surface area contributed by atoms with Gasteiger partial charge in [-0.15, -0.1) is 0 Å². The number of fused-ring (bicyclic) bond motifs is 2. The summed E-state index contributed by atoms with van der Waals surface area (Å²) in [5, 5.41) is 0. The summed E-state index contributed by atoms with van der Waals surface area (Å²) in [6.45, 7) is 1.92. The van der Waals surface area contributed by atoms with Crippen molar-refractivity contribution in [1.29, 1.82) is 0 Å². The largest absolute Gasteiger partial charge is 0.437 e. The second-order valence-electron chi connectivity index (χ2n) is 3.89. The molecular weight excluding hydrogens is 236 g/mol. The Morgan fingerprint density at radius 3 is 3.18 bits per heavy atom. The molecule has 1 unspecified atom stereocenters. The van der Waals surface area contributed by atoms with Gasteiger partial charge in [-0.05, 0) is 24.6 Å². The Kier molecular flexibility index (Phi) is 2.40. The van der Waals surface area contributed by atoms with Crippen molar-refractivity contribution in [2.75, 3.05) is 0 Å². The van der Waals surface area contributed by atoms with E-state index in [0.717, 1.165) is 11.1 Å². The highest BCUT2D eigenvalue weighted by Crippen LogP contribution is 2.33. The molecule has 2 aromatic rings. The highest BCUT2D eigenvalue weighted by Gasteiger charge is 2.21. The van der Waals surface area contributed by atoms with Gasteiger partial charge in [0.25, 0.3) is 0 Å². The molecule has 0 saturated carbocycles. The zero-order chi connectivity index (χ0) is 11.8. The topological polar surface area (TPSA) is 52.1 Å². The van der Waals surface area contributed by atoms with Gasteiger partial charge in [0.05, 0.1) is 16.6 Å². The molecule has 3 heterocycles. The second-order valence-corrected chi connectivity index (χ2v) is 5.31. The highest BCUT2D eigenvalue weighted by molar-refractivity contribution is 7.84. The van der Waals surface area contributed by atoms with Gasteiger partial charge in [-0.1, -0.05) is 0 Å². The third-order valence-corrected chi connectivity index (χ3v) is 3.91. The normalized spacial score (nSPS) is 17.6. The van der Waals surface area contributed by atoms with Gasteiger partial charge in [-0.2, -0.15) is 0 Å². The molecule has 0 aliphatic carbocycles. The standard InChI is InChI=1S/C12H10N2O2S/c1-8-4-11-12(14-5-8)16-10-2-3-13-6-9(10)7-17(11)15/h2-6H,7H2,1H3. The summed E-state index contributed by atoms with van der Waals surface area (Å²) in [6.07, 6.45) is 5.05. The highest BCUT2D eigenvalue weighted by atomic mass is 32.2.